The summed E-state index contributed by atoms with van der Waals surface area (Å²) < 4.78 is 5.02. The van der Waals surface area contributed by atoms with Gasteiger partial charge in [-0.3, -0.25) is 0 Å². The number of fused-ring (bicyclic) bond motifs is 1. The number of phenols is 1. The second-order valence-electron chi connectivity index (χ2n) is 4.89. The minimum Gasteiger partial charge on any atom is -0.508 e. The van der Waals surface area contributed by atoms with E-state index in [0.717, 1.165) is 24.8 Å². The topological polar surface area (TPSA) is 74.2 Å². The summed E-state index contributed by atoms with van der Waals surface area (Å²) in [4.78, 5) is 11.4. The number of aryl methyl sites for hydroxylation is 1. The van der Waals surface area contributed by atoms with Gasteiger partial charge >= 0.3 is 5.63 Å². The van der Waals surface area contributed by atoms with Crippen molar-refractivity contribution in [3.8, 4) is 11.8 Å². The first kappa shape index (κ1) is 14.1. The molecule has 2 rings (SSSR count). The van der Waals surface area contributed by atoms with Gasteiger partial charge < -0.3 is 9.52 Å². The smallest absolute Gasteiger partial charge is 0.354 e. The summed E-state index contributed by atoms with van der Waals surface area (Å²) in [7, 11) is 0. The monoisotopic (exact) mass is 271 g/mol. The van der Waals surface area contributed by atoms with Crippen LogP contribution in [0, 0.1) is 11.3 Å². The van der Waals surface area contributed by atoms with E-state index in [0.29, 0.717) is 11.0 Å². The first-order valence-corrected chi connectivity index (χ1v) is 6.85. The molecule has 1 aromatic carbocycles. The Morgan fingerprint density at radius 2 is 2.05 bits per heavy atom. The highest BCUT2D eigenvalue weighted by Crippen LogP contribution is 2.26. The molecule has 0 fully saturated rings. The van der Waals surface area contributed by atoms with Crippen molar-refractivity contribution < 1.29 is 9.52 Å². The lowest BCUT2D eigenvalue weighted by atomic mass is 10.0. The molecule has 2 aromatic rings. The van der Waals surface area contributed by atoms with Crippen molar-refractivity contribution in [1.82, 2.24) is 0 Å². The van der Waals surface area contributed by atoms with Crippen molar-refractivity contribution in [3.63, 3.8) is 0 Å². The SMILES string of the molecule is CCCCCCc1cc2cc(C#N)c(=O)oc2cc1O. The van der Waals surface area contributed by atoms with Crippen LogP contribution < -0.4 is 5.63 Å². The van der Waals surface area contributed by atoms with Crippen LogP contribution in [0.25, 0.3) is 11.0 Å². The van der Waals surface area contributed by atoms with Crippen LogP contribution in [0.1, 0.15) is 43.7 Å². The summed E-state index contributed by atoms with van der Waals surface area (Å²) in [5.74, 6) is 0.141. The van der Waals surface area contributed by atoms with Gasteiger partial charge in [0.25, 0.3) is 0 Å². The molecule has 0 spiro atoms. The Bertz CT molecular complexity index is 710. The maximum Gasteiger partial charge on any atom is 0.354 e. The molecule has 0 bridgehead atoms. The molecule has 4 heteroatoms. The molecular weight excluding hydrogens is 254 g/mol. The van der Waals surface area contributed by atoms with E-state index < -0.39 is 5.63 Å². The first-order valence-electron chi connectivity index (χ1n) is 6.85. The molecule has 4 nitrogen and oxygen atoms in total. The number of phenolic OH excluding ortho intramolecular Hbond substituents is 1. The summed E-state index contributed by atoms with van der Waals surface area (Å²) in [5.41, 5.74) is 0.449. The number of nitrogens with zero attached hydrogens (tertiary/aromatic N) is 1. The van der Waals surface area contributed by atoms with Gasteiger partial charge in [-0.2, -0.15) is 5.26 Å². The molecule has 0 amide bonds. The summed E-state index contributed by atoms with van der Waals surface area (Å²) in [6.45, 7) is 2.15. The zero-order chi connectivity index (χ0) is 14.5. The first-order chi connectivity index (χ1) is 9.65. The Morgan fingerprint density at radius 3 is 2.75 bits per heavy atom. The van der Waals surface area contributed by atoms with E-state index in [1.165, 1.54) is 25.0 Å². The van der Waals surface area contributed by atoms with E-state index in [1.54, 1.807) is 6.07 Å². The Kier molecular flexibility index (Phi) is 4.41. The second kappa shape index (κ2) is 6.25. The van der Waals surface area contributed by atoms with Gasteiger partial charge in [0.15, 0.2) is 0 Å². The van der Waals surface area contributed by atoms with Gasteiger partial charge in [0, 0.05) is 11.5 Å². The highest BCUT2D eigenvalue weighted by atomic mass is 16.4. The summed E-state index contributed by atoms with van der Waals surface area (Å²) in [6.07, 6.45) is 5.26. The molecule has 1 heterocycles. The molecule has 0 saturated carbocycles. The molecule has 0 saturated heterocycles. The molecule has 0 unspecified atom stereocenters. The van der Waals surface area contributed by atoms with E-state index in [-0.39, 0.29) is 11.3 Å². The van der Waals surface area contributed by atoms with Crippen LogP contribution in [-0.2, 0) is 6.42 Å². The molecule has 0 aliphatic carbocycles. The zero-order valence-corrected chi connectivity index (χ0v) is 11.5. The zero-order valence-electron chi connectivity index (χ0n) is 11.5. The van der Waals surface area contributed by atoms with Crippen molar-refractivity contribution >= 4 is 11.0 Å². The molecule has 20 heavy (non-hydrogen) atoms. The number of unbranched alkanes of at least 4 members (excludes halogenated alkanes) is 3. The average Bonchev–Trinajstić information content (AvgIpc) is 2.43. The largest absolute Gasteiger partial charge is 0.508 e. The third-order valence-electron chi connectivity index (χ3n) is 3.35. The predicted octanol–water partition coefficient (Wildman–Crippen LogP) is 3.49. The lowest BCUT2D eigenvalue weighted by molar-refractivity contribution is 0.464. The van der Waals surface area contributed by atoms with Crippen molar-refractivity contribution in [3.05, 3.63) is 39.7 Å². The van der Waals surface area contributed by atoms with Gasteiger partial charge in [0.05, 0.1) is 0 Å². The predicted molar refractivity (Wildman–Crippen MR) is 76.7 cm³/mol. The van der Waals surface area contributed by atoms with Crippen LogP contribution in [0.2, 0.25) is 0 Å². The van der Waals surface area contributed by atoms with E-state index in [9.17, 15) is 9.90 Å². The van der Waals surface area contributed by atoms with Gasteiger partial charge in [-0.25, -0.2) is 4.79 Å². The molecular formula is C16H17NO3. The fourth-order valence-corrected chi connectivity index (χ4v) is 2.22. The Balaban J connectivity index is 2.33. The van der Waals surface area contributed by atoms with Gasteiger partial charge in [-0.15, -0.1) is 0 Å². The molecule has 0 atom stereocenters. The van der Waals surface area contributed by atoms with Crippen LogP contribution in [0.4, 0.5) is 0 Å². The van der Waals surface area contributed by atoms with Gasteiger partial charge in [0.2, 0.25) is 0 Å². The van der Waals surface area contributed by atoms with Crippen LogP contribution in [-0.4, -0.2) is 5.11 Å². The summed E-state index contributed by atoms with van der Waals surface area (Å²) in [6, 6.07) is 6.57. The van der Waals surface area contributed by atoms with Crippen LogP contribution >= 0.6 is 0 Å². The van der Waals surface area contributed by atoms with Gasteiger partial charge in [-0.05, 0) is 30.5 Å². The Labute approximate surface area is 117 Å². The third-order valence-corrected chi connectivity index (χ3v) is 3.35. The quantitative estimate of drug-likeness (QED) is 0.667. The van der Waals surface area contributed by atoms with Crippen molar-refractivity contribution in [2.45, 2.75) is 39.0 Å². The second-order valence-corrected chi connectivity index (χ2v) is 4.89. The van der Waals surface area contributed by atoms with Crippen molar-refractivity contribution in [2.75, 3.05) is 0 Å². The molecule has 0 aliphatic heterocycles. The minimum absolute atomic E-state index is 0.0138. The summed E-state index contributed by atoms with van der Waals surface area (Å²) in [5, 5.41) is 19.5. The third kappa shape index (κ3) is 3.00. The molecule has 1 N–H and O–H groups in total. The lowest BCUT2D eigenvalue weighted by Gasteiger charge is -2.06. The van der Waals surface area contributed by atoms with E-state index >= 15 is 0 Å². The minimum atomic E-state index is -0.671. The Hall–Kier alpha value is -2.28. The van der Waals surface area contributed by atoms with E-state index in [1.807, 2.05) is 6.07 Å². The molecule has 104 valence electrons. The number of nitriles is 1. The number of aromatic hydroxyl groups is 1. The molecule has 1 aromatic heterocycles. The highest BCUT2D eigenvalue weighted by molar-refractivity contribution is 5.80. The number of benzene rings is 1. The van der Waals surface area contributed by atoms with Gasteiger partial charge in [-0.1, -0.05) is 26.2 Å². The average molecular weight is 271 g/mol. The number of hydrogen-bond acceptors (Lipinski definition) is 4. The molecule has 0 radical (unpaired) electrons. The van der Waals surface area contributed by atoms with Gasteiger partial charge in [0.1, 0.15) is 23.0 Å². The normalized spacial score (nSPS) is 10.6. The maximum absolute atomic E-state index is 11.4. The maximum atomic E-state index is 11.4. The van der Waals surface area contributed by atoms with Crippen molar-refractivity contribution in [2.24, 2.45) is 0 Å². The number of rotatable bonds is 5. The van der Waals surface area contributed by atoms with Crippen LogP contribution in [0.15, 0.2) is 27.4 Å². The molecule has 0 aliphatic rings. The lowest BCUT2D eigenvalue weighted by Crippen LogP contribution is -2.03. The van der Waals surface area contributed by atoms with Crippen molar-refractivity contribution in [1.29, 1.82) is 5.26 Å². The number of hydrogen-bond donors (Lipinski definition) is 1. The van der Waals surface area contributed by atoms with E-state index in [4.69, 9.17) is 9.68 Å². The standard InChI is InChI=1S/C16H17NO3/c1-2-3-4-5-6-11-7-12-8-13(10-17)16(19)20-15(12)9-14(11)18/h7-9,18H,2-6H2,1H3. The highest BCUT2D eigenvalue weighted by Gasteiger charge is 2.09. The fraction of sp³-hybridized carbons (Fsp3) is 0.375. The van der Waals surface area contributed by atoms with E-state index in [2.05, 4.69) is 6.92 Å². The van der Waals surface area contributed by atoms with Crippen LogP contribution in [0.3, 0.4) is 0 Å². The van der Waals surface area contributed by atoms with Crippen LogP contribution in [0.5, 0.6) is 5.75 Å². The Morgan fingerprint density at radius 1 is 1.25 bits per heavy atom. The fourth-order valence-electron chi connectivity index (χ4n) is 2.22. The summed E-state index contributed by atoms with van der Waals surface area (Å²) >= 11 is 0.